The van der Waals surface area contributed by atoms with Crippen molar-refractivity contribution in [1.29, 1.82) is 0 Å². The van der Waals surface area contributed by atoms with E-state index in [1.165, 1.54) is 31.0 Å². The first kappa shape index (κ1) is 20.7. The van der Waals surface area contributed by atoms with Crippen molar-refractivity contribution in [1.82, 2.24) is 15.2 Å². The summed E-state index contributed by atoms with van der Waals surface area (Å²) in [6.45, 7) is 5.34. The van der Waals surface area contributed by atoms with E-state index in [1.807, 2.05) is 0 Å². The largest absolute Gasteiger partial charge is 0.437 e. The van der Waals surface area contributed by atoms with Crippen LogP contribution in [0.5, 0.6) is 11.6 Å². The average molecular weight is 450 g/mol. The number of hydrogen-bond donors (Lipinski definition) is 1. The Bertz CT molecular complexity index is 810. The highest BCUT2D eigenvalue weighted by Crippen LogP contribution is 2.30. The lowest BCUT2D eigenvalue weighted by atomic mass is 10.0. The third-order valence-corrected chi connectivity index (χ3v) is 5.49. The molecule has 0 aliphatic carbocycles. The molecule has 2 aromatic rings. The van der Waals surface area contributed by atoms with E-state index in [0.717, 1.165) is 32.5 Å². The summed E-state index contributed by atoms with van der Waals surface area (Å²) >= 11 is 3.27. The number of carbonyl (C=O) groups is 1. The van der Waals surface area contributed by atoms with Crippen LogP contribution in [0.25, 0.3) is 0 Å². The molecule has 150 valence electrons. The van der Waals surface area contributed by atoms with Gasteiger partial charge in [-0.3, -0.25) is 4.79 Å². The minimum absolute atomic E-state index is 0.149. The van der Waals surface area contributed by atoms with Crippen molar-refractivity contribution in [3.63, 3.8) is 0 Å². The number of benzene rings is 1. The van der Waals surface area contributed by atoms with Crippen LogP contribution in [0.2, 0.25) is 0 Å². The van der Waals surface area contributed by atoms with Gasteiger partial charge in [-0.25, -0.2) is 9.37 Å². The van der Waals surface area contributed by atoms with Crippen LogP contribution in [-0.4, -0.2) is 41.5 Å². The van der Waals surface area contributed by atoms with E-state index >= 15 is 0 Å². The quantitative estimate of drug-likeness (QED) is 0.661. The predicted octanol–water partition coefficient (Wildman–Crippen LogP) is 4.77. The van der Waals surface area contributed by atoms with Crippen molar-refractivity contribution in [2.75, 3.05) is 19.6 Å². The Labute approximate surface area is 173 Å². The minimum Gasteiger partial charge on any atom is -0.437 e. The van der Waals surface area contributed by atoms with Crippen LogP contribution in [-0.2, 0) is 0 Å². The van der Waals surface area contributed by atoms with Crippen LogP contribution in [0.15, 0.2) is 41.0 Å². The Morgan fingerprint density at radius 1 is 1.36 bits per heavy atom. The Balaban J connectivity index is 1.63. The normalized spacial score (nSPS) is 15.4. The van der Waals surface area contributed by atoms with E-state index < -0.39 is 0 Å². The zero-order valence-corrected chi connectivity index (χ0v) is 17.5. The minimum atomic E-state index is -0.372. The second kappa shape index (κ2) is 9.98. The maximum atomic E-state index is 13.3. The molecular formula is C21H25BrFN3O2. The predicted molar refractivity (Wildman–Crippen MR) is 110 cm³/mol. The fourth-order valence-electron chi connectivity index (χ4n) is 3.25. The number of carbonyl (C=O) groups excluding carboxylic acids is 1. The van der Waals surface area contributed by atoms with E-state index in [4.69, 9.17) is 4.74 Å². The molecule has 1 aromatic carbocycles. The van der Waals surface area contributed by atoms with E-state index in [-0.39, 0.29) is 23.6 Å². The number of likely N-dealkylation sites (tertiary alicyclic amines) is 1. The Morgan fingerprint density at radius 2 is 2.14 bits per heavy atom. The van der Waals surface area contributed by atoms with Crippen molar-refractivity contribution < 1.29 is 13.9 Å². The average Bonchev–Trinajstić information content (AvgIpc) is 2.70. The van der Waals surface area contributed by atoms with Crippen molar-refractivity contribution >= 4 is 21.8 Å². The number of nitrogens with one attached hydrogen (secondary N) is 1. The topological polar surface area (TPSA) is 54.5 Å². The van der Waals surface area contributed by atoms with E-state index in [9.17, 15) is 9.18 Å². The Morgan fingerprint density at radius 3 is 2.86 bits per heavy atom. The first-order valence-electron chi connectivity index (χ1n) is 9.68. The van der Waals surface area contributed by atoms with Crippen molar-refractivity contribution in [3.8, 4) is 11.6 Å². The van der Waals surface area contributed by atoms with Crippen molar-refractivity contribution in [2.45, 2.75) is 38.6 Å². The van der Waals surface area contributed by atoms with E-state index in [2.05, 4.69) is 38.1 Å². The second-order valence-corrected chi connectivity index (χ2v) is 7.83. The maximum absolute atomic E-state index is 13.3. The molecule has 1 aromatic heterocycles. The molecule has 2 heterocycles. The fraction of sp³-hybridized carbons (Fsp3) is 0.429. The third kappa shape index (κ3) is 5.52. The van der Waals surface area contributed by atoms with Gasteiger partial charge in [-0.15, -0.1) is 0 Å². The molecule has 1 saturated heterocycles. The maximum Gasteiger partial charge on any atom is 0.257 e. The number of pyridine rings is 1. The second-order valence-electron chi connectivity index (χ2n) is 6.98. The zero-order valence-electron chi connectivity index (χ0n) is 16.0. The van der Waals surface area contributed by atoms with Crippen LogP contribution < -0.4 is 10.1 Å². The number of nitrogens with zero attached hydrogens (tertiary/aromatic N) is 2. The summed E-state index contributed by atoms with van der Waals surface area (Å²) in [6, 6.07) is 7.65. The molecule has 0 bridgehead atoms. The van der Waals surface area contributed by atoms with Gasteiger partial charge in [0.2, 0.25) is 5.88 Å². The molecule has 5 nitrogen and oxygen atoms in total. The van der Waals surface area contributed by atoms with Gasteiger partial charge in [-0.05, 0) is 72.1 Å². The molecule has 28 heavy (non-hydrogen) atoms. The van der Waals surface area contributed by atoms with Gasteiger partial charge < -0.3 is 15.0 Å². The number of aromatic nitrogens is 1. The first-order chi connectivity index (χ1) is 13.6. The molecule has 1 amide bonds. The number of unbranched alkanes of at least 4 members (excludes halogenated alkanes) is 1. The van der Waals surface area contributed by atoms with Gasteiger partial charge in [-0.1, -0.05) is 13.3 Å². The number of hydrogen-bond acceptors (Lipinski definition) is 4. The summed E-state index contributed by atoms with van der Waals surface area (Å²) in [4.78, 5) is 19.4. The van der Waals surface area contributed by atoms with Crippen LogP contribution >= 0.6 is 15.9 Å². The Kier molecular flexibility index (Phi) is 7.39. The van der Waals surface area contributed by atoms with Crippen molar-refractivity contribution in [2.24, 2.45) is 0 Å². The highest BCUT2D eigenvalue weighted by atomic mass is 79.9. The molecule has 0 radical (unpaired) electrons. The summed E-state index contributed by atoms with van der Waals surface area (Å²) in [6.07, 6.45) is 5.86. The van der Waals surface area contributed by atoms with Gasteiger partial charge in [0.25, 0.3) is 5.91 Å². The molecule has 3 rings (SSSR count). The zero-order chi connectivity index (χ0) is 19.9. The lowest BCUT2D eigenvalue weighted by molar-refractivity contribution is 0.0908. The summed E-state index contributed by atoms with van der Waals surface area (Å²) in [7, 11) is 0. The molecule has 1 aliphatic rings. The van der Waals surface area contributed by atoms with Gasteiger partial charge in [-0.2, -0.15) is 0 Å². The molecule has 0 spiro atoms. The number of ether oxygens (including phenoxy) is 1. The van der Waals surface area contributed by atoms with Gasteiger partial charge >= 0.3 is 0 Å². The number of halogens is 2. The fourth-order valence-corrected chi connectivity index (χ4v) is 3.68. The Hall–Kier alpha value is -1.99. The lowest BCUT2D eigenvalue weighted by Gasteiger charge is -2.32. The van der Waals surface area contributed by atoms with Crippen LogP contribution in [0.4, 0.5) is 4.39 Å². The van der Waals surface area contributed by atoms with E-state index in [1.54, 1.807) is 18.3 Å². The highest BCUT2D eigenvalue weighted by Gasteiger charge is 2.23. The van der Waals surface area contributed by atoms with Crippen LogP contribution in [0.1, 0.15) is 43.0 Å². The van der Waals surface area contributed by atoms with E-state index in [0.29, 0.717) is 15.8 Å². The molecule has 0 saturated carbocycles. The third-order valence-electron chi connectivity index (χ3n) is 4.87. The number of piperidine rings is 1. The number of rotatable bonds is 7. The number of amides is 1. The molecule has 7 heteroatoms. The van der Waals surface area contributed by atoms with Crippen molar-refractivity contribution in [3.05, 3.63) is 52.4 Å². The summed E-state index contributed by atoms with van der Waals surface area (Å²) in [5.74, 6) is 0.0305. The van der Waals surface area contributed by atoms with Crippen LogP contribution in [0, 0.1) is 5.82 Å². The molecule has 0 atom stereocenters. The molecule has 1 N–H and O–H groups in total. The molecular weight excluding hydrogens is 425 g/mol. The molecule has 0 unspecified atom stereocenters. The lowest BCUT2D eigenvalue weighted by Crippen LogP contribution is -2.44. The van der Waals surface area contributed by atoms with Gasteiger partial charge in [0.1, 0.15) is 17.1 Å². The molecule has 1 fully saturated rings. The van der Waals surface area contributed by atoms with Crippen LogP contribution in [0.3, 0.4) is 0 Å². The smallest absolute Gasteiger partial charge is 0.257 e. The highest BCUT2D eigenvalue weighted by molar-refractivity contribution is 9.10. The van der Waals surface area contributed by atoms with Gasteiger partial charge in [0.15, 0.2) is 0 Å². The standard InChI is InChI=1S/C21H25BrFN3O2/c1-2-3-11-26-12-8-16(9-13-26)25-20(27)17-5-4-10-24-21(17)28-19-7-6-15(23)14-18(19)22/h4-7,10,14,16H,2-3,8-9,11-13H2,1H3,(H,25,27). The summed E-state index contributed by atoms with van der Waals surface area (Å²) < 4.78 is 19.5. The first-order valence-corrected chi connectivity index (χ1v) is 10.5. The summed E-state index contributed by atoms with van der Waals surface area (Å²) in [5, 5.41) is 3.10. The SMILES string of the molecule is CCCCN1CCC(NC(=O)c2cccnc2Oc2ccc(F)cc2Br)CC1. The van der Waals surface area contributed by atoms with Gasteiger partial charge in [0, 0.05) is 25.3 Å². The molecule has 1 aliphatic heterocycles. The monoisotopic (exact) mass is 449 g/mol. The summed E-state index contributed by atoms with van der Waals surface area (Å²) in [5.41, 5.74) is 0.368. The van der Waals surface area contributed by atoms with Gasteiger partial charge in [0.05, 0.1) is 4.47 Å².